The highest BCUT2D eigenvalue weighted by Gasteiger charge is 2.20. The molecule has 3 rings (SSSR count). The van der Waals surface area contributed by atoms with Crippen LogP contribution in [-0.2, 0) is 11.2 Å². The van der Waals surface area contributed by atoms with Crippen molar-refractivity contribution >= 4 is 34.1 Å². The van der Waals surface area contributed by atoms with Crippen LogP contribution in [0.25, 0.3) is 10.9 Å². The van der Waals surface area contributed by atoms with Crippen LogP contribution in [0.15, 0.2) is 36.5 Å². The summed E-state index contributed by atoms with van der Waals surface area (Å²) in [6.07, 6.45) is 1.96. The number of amides is 1. The average molecular weight is 375 g/mol. The maximum atomic E-state index is 12.4. The van der Waals surface area contributed by atoms with Gasteiger partial charge < -0.3 is 24.5 Å². The molecule has 0 atom stereocenters. The number of benzene rings is 2. The molecule has 0 aliphatic rings. The molecule has 0 saturated carbocycles. The Labute approximate surface area is 156 Å². The summed E-state index contributed by atoms with van der Waals surface area (Å²) in [6, 6.07) is 8.78. The smallest absolute Gasteiger partial charge is 0.228 e. The van der Waals surface area contributed by atoms with Gasteiger partial charge in [0.2, 0.25) is 11.7 Å². The molecular formula is C19H19ClN2O4. The van der Waals surface area contributed by atoms with Crippen LogP contribution in [-0.4, -0.2) is 32.2 Å². The normalized spacial score (nSPS) is 10.6. The first-order valence-electron chi connectivity index (χ1n) is 7.91. The van der Waals surface area contributed by atoms with E-state index < -0.39 is 0 Å². The minimum absolute atomic E-state index is 0.148. The molecule has 0 spiro atoms. The van der Waals surface area contributed by atoms with Crippen molar-refractivity contribution in [1.82, 2.24) is 4.98 Å². The van der Waals surface area contributed by atoms with Gasteiger partial charge in [-0.3, -0.25) is 4.79 Å². The minimum atomic E-state index is -0.148. The monoisotopic (exact) mass is 374 g/mol. The number of hydrogen-bond acceptors (Lipinski definition) is 4. The lowest BCUT2D eigenvalue weighted by Gasteiger charge is -2.14. The molecule has 0 aliphatic heterocycles. The van der Waals surface area contributed by atoms with E-state index in [1.54, 1.807) is 51.8 Å². The molecule has 1 amide bonds. The first-order chi connectivity index (χ1) is 12.6. The summed E-state index contributed by atoms with van der Waals surface area (Å²) in [4.78, 5) is 15.6. The molecule has 136 valence electrons. The summed E-state index contributed by atoms with van der Waals surface area (Å²) in [6.45, 7) is 0. The number of aromatic amines is 1. The van der Waals surface area contributed by atoms with Crippen LogP contribution in [0.3, 0.4) is 0 Å². The van der Waals surface area contributed by atoms with E-state index in [1.165, 1.54) is 0 Å². The Morgan fingerprint density at radius 3 is 2.38 bits per heavy atom. The van der Waals surface area contributed by atoms with Crippen molar-refractivity contribution in [2.24, 2.45) is 0 Å². The Morgan fingerprint density at radius 2 is 1.77 bits per heavy atom. The van der Waals surface area contributed by atoms with E-state index in [1.807, 2.05) is 6.07 Å². The van der Waals surface area contributed by atoms with E-state index in [-0.39, 0.29) is 12.3 Å². The number of carbonyl (C=O) groups is 1. The van der Waals surface area contributed by atoms with Gasteiger partial charge in [-0.1, -0.05) is 11.6 Å². The number of aromatic nitrogens is 1. The summed E-state index contributed by atoms with van der Waals surface area (Å²) < 4.78 is 16.3. The lowest BCUT2D eigenvalue weighted by atomic mass is 10.1. The molecular weight excluding hydrogens is 356 g/mol. The maximum Gasteiger partial charge on any atom is 0.228 e. The van der Waals surface area contributed by atoms with Crippen LogP contribution < -0.4 is 19.5 Å². The molecule has 0 bridgehead atoms. The Balaban J connectivity index is 1.92. The van der Waals surface area contributed by atoms with Crippen LogP contribution >= 0.6 is 11.6 Å². The number of halogens is 1. The number of fused-ring (bicyclic) bond motifs is 1. The lowest BCUT2D eigenvalue weighted by molar-refractivity contribution is -0.115. The second-order valence-corrected chi connectivity index (χ2v) is 6.05. The van der Waals surface area contributed by atoms with Crippen LogP contribution in [0.2, 0.25) is 5.02 Å². The van der Waals surface area contributed by atoms with E-state index in [4.69, 9.17) is 25.8 Å². The summed E-state index contributed by atoms with van der Waals surface area (Å²) in [7, 11) is 4.67. The van der Waals surface area contributed by atoms with Crippen molar-refractivity contribution in [2.75, 3.05) is 26.6 Å². The molecule has 0 saturated heterocycles. The van der Waals surface area contributed by atoms with Crippen molar-refractivity contribution < 1.29 is 19.0 Å². The van der Waals surface area contributed by atoms with Gasteiger partial charge in [-0.2, -0.15) is 0 Å². The third-order valence-electron chi connectivity index (χ3n) is 4.03. The fourth-order valence-electron chi connectivity index (χ4n) is 2.88. The van der Waals surface area contributed by atoms with Gasteiger partial charge in [0.15, 0.2) is 11.5 Å². The largest absolute Gasteiger partial charge is 0.493 e. The zero-order valence-electron chi connectivity index (χ0n) is 14.7. The summed E-state index contributed by atoms with van der Waals surface area (Å²) in [5.74, 6) is 1.42. The van der Waals surface area contributed by atoms with E-state index in [0.29, 0.717) is 28.0 Å². The van der Waals surface area contributed by atoms with Crippen molar-refractivity contribution in [3.8, 4) is 17.2 Å². The number of carbonyl (C=O) groups excluding carboxylic acids is 1. The zero-order valence-corrected chi connectivity index (χ0v) is 15.4. The Morgan fingerprint density at radius 1 is 1.08 bits per heavy atom. The number of ether oxygens (including phenoxy) is 3. The second kappa shape index (κ2) is 7.58. The fourth-order valence-corrected chi connectivity index (χ4v) is 3.00. The molecule has 0 aliphatic carbocycles. The number of H-pyrrole nitrogens is 1. The molecule has 26 heavy (non-hydrogen) atoms. The van der Waals surface area contributed by atoms with Crippen molar-refractivity contribution in [3.63, 3.8) is 0 Å². The maximum absolute atomic E-state index is 12.4. The first-order valence-corrected chi connectivity index (χ1v) is 8.29. The predicted molar refractivity (Wildman–Crippen MR) is 102 cm³/mol. The van der Waals surface area contributed by atoms with Crippen molar-refractivity contribution in [1.29, 1.82) is 0 Å². The molecule has 0 fully saturated rings. The van der Waals surface area contributed by atoms with Gasteiger partial charge in [0, 0.05) is 28.4 Å². The van der Waals surface area contributed by atoms with Gasteiger partial charge in [0.25, 0.3) is 0 Å². The predicted octanol–water partition coefficient (Wildman–Crippen LogP) is 4.03. The van der Waals surface area contributed by atoms with Crippen molar-refractivity contribution in [2.45, 2.75) is 6.42 Å². The third kappa shape index (κ3) is 3.41. The zero-order chi connectivity index (χ0) is 18.7. The molecule has 0 unspecified atom stereocenters. The van der Waals surface area contributed by atoms with Gasteiger partial charge in [-0.25, -0.2) is 0 Å². The number of methoxy groups -OCH3 is 3. The van der Waals surface area contributed by atoms with Crippen LogP contribution in [0, 0.1) is 0 Å². The standard InChI is InChI=1S/C19H19ClN2O4/c1-24-15-9-14-17(19(26-3)18(15)25-2)11(10-21-14)8-16(23)22-13-6-4-12(20)5-7-13/h4-7,9-10,21H,8H2,1-3H3,(H,22,23). The molecule has 2 N–H and O–H groups in total. The summed E-state index contributed by atoms with van der Waals surface area (Å²) >= 11 is 5.86. The average Bonchev–Trinajstić information content (AvgIpc) is 3.04. The van der Waals surface area contributed by atoms with Crippen LogP contribution in [0.4, 0.5) is 5.69 Å². The van der Waals surface area contributed by atoms with Crippen molar-refractivity contribution in [3.05, 3.63) is 47.1 Å². The number of rotatable bonds is 6. The Kier molecular flexibility index (Phi) is 5.23. The topological polar surface area (TPSA) is 72.6 Å². The van der Waals surface area contributed by atoms with Gasteiger partial charge in [0.05, 0.1) is 33.3 Å². The molecule has 1 heterocycles. The SMILES string of the molecule is COc1cc2[nH]cc(CC(=O)Nc3ccc(Cl)cc3)c2c(OC)c1OC. The third-order valence-corrected chi connectivity index (χ3v) is 4.28. The quantitative estimate of drug-likeness (QED) is 0.683. The molecule has 3 aromatic rings. The highest BCUT2D eigenvalue weighted by Crippen LogP contribution is 2.44. The summed E-state index contributed by atoms with van der Waals surface area (Å²) in [5, 5.41) is 4.26. The number of anilines is 1. The Hall–Kier alpha value is -2.86. The molecule has 7 heteroatoms. The summed E-state index contributed by atoms with van der Waals surface area (Å²) in [5.41, 5.74) is 2.28. The van der Waals surface area contributed by atoms with Crippen LogP contribution in [0.5, 0.6) is 17.2 Å². The lowest BCUT2D eigenvalue weighted by Crippen LogP contribution is -2.14. The van der Waals surface area contributed by atoms with Gasteiger partial charge in [-0.15, -0.1) is 0 Å². The molecule has 0 radical (unpaired) electrons. The fraction of sp³-hybridized carbons (Fsp3) is 0.211. The van der Waals surface area contributed by atoms with E-state index in [9.17, 15) is 4.79 Å². The Bertz CT molecular complexity index is 935. The number of nitrogens with one attached hydrogen (secondary N) is 2. The van der Waals surface area contributed by atoms with Gasteiger partial charge >= 0.3 is 0 Å². The highest BCUT2D eigenvalue weighted by atomic mass is 35.5. The molecule has 2 aromatic carbocycles. The molecule has 6 nitrogen and oxygen atoms in total. The van der Waals surface area contributed by atoms with Gasteiger partial charge in [-0.05, 0) is 29.8 Å². The van der Waals surface area contributed by atoms with Crippen LogP contribution in [0.1, 0.15) is 5.56 Å². The van der Waals surface area contributed by atoms with Gasteiger partial charge in [0.1, 0.15) is 0 Å². The first kappa shape index (κ1) is 17.9. The molecule has 1 aromatic heterocycles. The highest BCUT2D eigenvalue weighted by molar-refractivity contribution is 6.30. The van der Waals surface area contributed by atoms with E-state index >= 15 is 0 Å². The number of hydrogen-bond donors (Lipinski definition) is 2. The van der Waals surface area contributed by atoms with E-state index in [0.717, 1.165) is 16.5 Å². The second-order valence-electron chi connectivity index (χ2n) is 5.61. The minimum Gasteiger partial charge on any atom is -0.493 e. The van der Waals surface area contributed by atoms with E-state index in [2.05, 4.69) is 10.3 Å².